The Balaban J connectivity index is 3.40. The highest BCUT2D eigenvalue weighted by Gasteiger charge is 2.16. The van der Waals surface area contributed by atoms with Crippen LogP contribution in [-0.2, 0) is 9.59 Å². The van der Waals surface area contributed by atoms with Crippen LogP contribution in [0.25, 0.3) is 0 Å². The van der Waals surface area contributed by atoms with Gasteiger partial charge in [0.2, 0.25) is 0 Å². The highest BCUT2D eigenvalue weighted by molar-refractivity contribution is 5.69. The van der Waals surface area contributed by atoms with Crippen LogP contribution < -0.4 is 0 Å². The molecule has 0 saturated heterocycles. The molecule has 0 radical (unpaired) electrons. The van der Waals surface area contributed by atoms with Gasteiger partial charge in [-0.1, -0.05) is 161 Å². The van der Waals surface area contributed by atoms with Gasteiger partial charge in [-0.15, -0.1) is 0 Å². The summed E-state index contributed by atoms with van der Waals surface area (Å²) in [4.78, 5) is 22.1. The molecule has 4 nitrogen and oxygen atoms in total. The summed E-state index contributed by atoms with van der Waals surface area (Å²) in [5.41, 5.74) is 0. The van der Waals surface area contributed by atoms with Crippen molar-refractivity contribution in [3.05, 3.63) is 0 Å². The number of unbranched alkanes of at least 4 members (excludes halogenated alkanes) is 23. The smallest absolute Gasteiger partial charge is 0.306 e. The number of hydrogen-bond acceptors (Lipinski definition) is 2. The molecule has 2 N–H and O–H groups in total. The molecule has 0 fully saturated rings. The first-order valence-corrected chi connectivity index (χ1v) is 16.0. The van der Waals surface area contributed by atoms with E-state index in [0.717, 1.165) is 38.5 Å². The minimum atomic E-state index is -0.675. The zero-order chi connectivity index (χ0) is 26.5. The largest absolute Gasteiger partial charge is 0.481 e. The molecule has 0 aromatic carbocycles. The first-order chi connectivity index (χ1) is 17.6. The zero-order valence-electron chi connectivity index (χ0n) is 24.1. The summed E-state index contributed by atoms with van der Waals surface area (Å²) in [7, 11) is 0. The van der Waals surface area contributed by atoms with Crippen molar-refractivity contribution >= 4 is 11.9 Å². The molecule has 0 spiro atoms. The third-order valence-electron chi connectivity index (χ3n) is 7.70. The van der Waals surface area contributed by atoms with Gasteiger partial charge in [0.1, 0.15) is 0 Å². The fourth-order valence-electron chi connectivity index (χ4n) is 5.23. The number of carboxylic acid groups (broad SMARTS) is 2. The SMILES string of the molecule is CCCCCCCCCCCCCCC(CCCCCCCCCCCCCCCC(=O)O)C(=O)O. The van der Waals surface area contributed by atoms with Crippen LogP contribution in [-0.4, -0.2) is 22.2 Å². The third kappa shape index (κ3) is 27.5. The topological polar surface area (TPSA) is 74.6 Å². The highest BCUT2D eigenvalue weighted by atomic mass is 16.4. The maximum Gasteiger partial charge on any atom is 0.306 e. The van der Waals surface area contributed by atoms with Gasteiger partial charge in [0.15, 0.2) is 0 Å². The molecular formula is C32H62O4. The van der Waals surface area contributed by atoms with E-state index in [2.05, 4.69) is 6.92 Å². The molecule has 0 aromatic rings. The van der Waals surface area contributed by atoms with Crippen LogP contribution in [0, 0.1) is 5.92 Å². The zero-order valence-corrected chi connectivity index (χ0v) is 24.1. The van der Waals surface area contributed by atoms with Gasteiger partial charge >= 0.3 is 11.9 Å². The Bertz CT molecular complexity index is 477. The fourth-order valence-corrected chi connectivity index (χ4v) is 5.23. The second-order valence-electron chi connectivity index (χ2n) is 11.2. The van der Waals surface area contributed by atoms with Gasteiger partial charge in [-0.3, -0.25) is 9.59 Å². The summed E-state index contributed by atoms with van der Waals surface area (Å²) in [6, 6.07) is 0. The Hall–Kier alpha value is -1.06. The molecule has 0 heterocycles. The van der Waals surface area contributed by atoms with Crippen molar-refractivity contribution < 1.29 is 19.8 Å². The van der Waals surface area contributed by atoms with Crippen molar-refractivity contribution in [2.24, 2.45) is 5.92 Å². The summed E-state index contributed by atoms with van der Waals surface area (Å²) >= 11 is 0. The molecule has 1 atom stereocenters. The summed E-state index contributed by atoms with van der Waals surface area (Å²) in [6.45, 7) is 2.27. The molecule has 214 valence electrons. The second-order valence-corrected chi connectivity index (χ2v) is 11.2. The number of aliphatic carboxylic acids is 2. The molecular weight excluding hydrogens is 448 g/mol. The molecule has 0 bridgehead atoms. The summed E-state index contributed by atoms with van der Waals surface area (Å²) < 4.78 is 0. The first kappa shape index (κ1) is 34.9. The maximum atomic E-state index is 11.6. The van der Waals surface area contributed by atoms with E-state index < -0.39 is 11.9 Å². The van der Waals surface area contributed by atoms with Crippen molar-refractivity contribution in [1.29, 1.82) is 0 Å². The fraction of sp³-hybridized carbons (Fsp3) is 0.938. The normalized spacial score (nSPS) is 12.1. The third-order valence-corrected chi connectivity index (χ3v) is 7.70. The average Bonchev–Trinajstić information content (AvgIpc) is 2.85. The van der Waals surface area contributed by atoms with Gasteiger partial charge in [-0.25, -0.2) is 0 Å². The average molecular weight is 511 g/mol. The predicted molar refractivity (Wildman–Crippen MR) is 154 cm³/mol. The Morgan fingerprint density at radius 3 is 1.00 bits per heavy atom. The summed E-state index contributed by atoms with van der Waals surface area (Å²) in [5, 5.41) is 18.2. The van der Waals surface area contributed by atoms with E-state index >= 15 is 0 Å². The lowest BCUT2D eigenvalue weighted by molar-refractivity contribution is -0.142. The lowest BCUT2D eigenvalue weighted by Crippen LogP contribution is -2.13. The Labute approximate surface area is 224 Å². The van der Waals surface area contributed by atoms with Crippen molar-refractivity contribution in [2.45, 2.75) is 187 Å². The predicted octanol–water partition coefficient (Wildman–Crippen LogP) is 10.7. The Kier molecular flexibility index (Phi) is 27.7. The number of carbonyl (C=O) groups is 2. The van der Waals surface area contributed by atoms with E-state index in [9.17, 15) is 14.7 Å². The summed E-state index contributed by atoms with van der Waals surface area (Å²) in [6.07, 6.45) is 33.5. The minimum Gasteiger partial charge on any atom is -0.481 e. The first-order valence-electron chi connectivity index (χ1n) is 16.0. The van der Waals surface area contributed by atoms with E-state index in [1.807, 2.05) is 0 Å². The summed E-state index contributed by atoms with van der Waals surface area (Å²) in [5.74, 6) is -1.39. The van der Waals surface area contributed by atoms with Crippen LogP contribution in [0.3, 0.4) is 0 Å². The van der Waals surface area contributed by atoms with Gasteiger partial charge < -0.3 is 10.2 Å². The quantitative estimate of drug-likeness (QED) is 0.0942. The number of carboxylic acids is 2. The standard InChI is InChI=1S/C32H62O4/c1-2-3-4-5-6-7-8-12-15-18-21-24-27-30(32(35)36)28-25-22-19-16-13-10-9-11-14-17-20-23-26-29-31(33)34/h30H,2-29H2,1H3,(H,33,34)(H,35,36). The van der Waals surface area contributed by atoms with Gasteiger partial charge in [-0.2, -0.15) is 0 Å². The van der Waals surface area contributed by atoms with E-state index in [4.69, 9.17) is 5.11 Å². The molecule has 0 rings (SSSR count). The maximum absolute atomic E-state index is 11.6. The Morgan fingerprint density at radius 1 is 0.444 bits per heavy atom. The van der Waals surface area contributed by atoms with Crippen LogP contribution in [0.1, 0.15) is 187 Å². The van der Waals surface area contributed by atoms with Crippen molar-refractivity contribution in [3.8, 4) is 0 Å². The van der Waals surface area contributed by atoms with Gasteiger partial charge in [0.25, 0.3) is 0 Å². The van der Waals surface area contributed by atoms with Gasteiger partial charge in [-0.05, 0) is 19.3 Å². The van der Waals surface area contributed by atoms with Crippen molar-refractivity contribution in [1.82, 2.24) is 0 Å². The molecule has 0 amide bonds. The van der Waals surface area contributed by atoms with E-state index in [1.54, 1.807) is 0 Å². The van der Waals surface area contributed by atoms with Crippen molar-refractivity contribution in [3.63, 3.8) is 0 Å². The second kappa shape index (κ2) is 28.5. The van der Waals surface area contributed by atoms with Crippen molar-refractivity contribution in [2.75, 3.05) is 0 Å². The molecule has 0 saturated carbocycles. The minimum absolute atomic E-state index is 0.128. The molecule has 36 heavy (non-hydrogen) atoms. The molecule has 4 heteroatoms. The van der Waals surface area contributed by atoms with Crippen LogP contribution in [0.2, 0.25) is 0 Å². The molecule has 0 aliphatic carbocycles. The van der Waals surface area contributed by atoms with Crippen LogP contribution >= 0.6 is 0 Å². The van der Waals surface area contributed by atoms with Gasteiger partial charge in [0.05, 0.1) is 5.92 Å². The molecule has 0 aromatic heterocycles. The van der Waals surface area contributed by atoms with Crippen LogP contribution in [0.5, 0.6) is 0 Å². The number of hydrogen-bond donors (Lipinski definition) is 2. The van der Waals surface area contributed by atoms with Crippen LogP contribution in [0.15, 0.2) is 0 Å². The van der Waals surface area contributed by atoms with Crippen LogP contribution in [0.4, 0.5) is 0 Å². The highest BCUT2D eigenvalue weighted by Crippen LogP contribution is 2.20. The van der Waals surface area contributed by atoms with E-state index in [0.29, 0.717) is 6.42 Å². The lowest BCUT2D eigenvalue weighted by Gasteiger charge is -2.12. The molecule has 1 unspecified atom stereocenters. The Morgan fingerprint density at radius 2 is 0.722 bits per heavy atom. The lowest BCUT2D eigenvalue weighted by atomic mass is 9.94. The van der Waals surface area contributed by atoms with E-state index in [1.165, 1.54) is 135 Å². The monoisotopic (exact) mass is 510 g/mol. The van der Waals surface area contributed by atoms with E-state index in [-0.39, 0.29) is 5.92 Å². The molecule has 0 aliphatic heterocycles. The van der Waals surface area contributed by atoms with Gasteiger partial charge in [0, 0.05) is 6.42 Å². The molecule has 0 aliphatic rings. The number of rotatable bonds is 30.